The monoisotopic (exact) mass is 629 g/mol. The van der Waals surface area contributed by atoms with E-state index >= 15 is 0 Å². The third-order valence-electron chi connectivity index (χ3n) is 7.28. The molecule has 13 heteroatoms. The molecular formula is C31H24FN5O5S2. The Morgan fingerprint density at radius 3 is 2.48 bits per heavy atom. The van der Waals surface area contributed by atoms with E-state index in [9.17, 15) is 23.9 Å². The number of aliphatic hydroxyl groups excluding tert-OH is 1. The molecule has 0 aliphatic carbocycles. The van der Waals surface area contributed by atoms with Crippen LogP contribution in [0.3, 0.4) is 0 Å². The van der Waals surface area contributed by atoms with Crippen molar-refractivity contribution < 1.29 is 28.6 Å². The second kappa shape index (κ2) is 11.7. The average Bonchev–Trinajstić information content (AvgIpc) is 3.71. The van der Waals surface area contributed by atoms with Gasteiger partial charge in [0.2, 0.25) is 5.13 Å². The zero-order valence-corrected chi connectivity index (χ0v) is 25.3. The number of aliphatic hydroxyl groups is 1. The Morgan fingerprint density at radius 2 is 1.80 bits per heavy atom. The van der Waals surface area contributed by atoms with Gasteiger partial charge in [0.05, 0.1) is 30.0 Å². The molecule has 0 bridgehead atoms. The van der Waals surface area contributed by atoms with E-state index in [2.05, 4.69) is 15.2 Å². The van der Waals surface area contributed by atoms with Crippen molar-refractivity contribution in [2.45, 2.75) is 30.0 Å². The lowest BCUT2D eigenvalue weighted by Gasteiger charge is -2.22. The molecule has 0 radical (unpaired) electrons. The predicted octanol–water partition coefficient (Wildman–Crippen LogP) is 5.65. The number of imidazole rings is 1. The Balaban J connectivity index is 1.44. The number of benzene rings is 2. The molecule has 0 saturated carbocycles. The maximum atomic E-state index is 13.7. The first-order chi connectivity index (χ1) is 21.2. The minimum Gasteiger partial charge on any atom is -0.505 e. The topological polar surface area (TPSA) is 127 Å². The molecule has 1 unspecified atom stereocenters. The quantitative estimate of drug-likeness (QED) is 0.0607. The largest absolute Gasteiger partial charge is 0.505 e. The van der Waals surface area contributed by atoms with Crippen LogP contribution in [0, 0.1) is 19.7 Å². The first-order valence-corrected chi connectivity index (χ1v) is 15.1. The minimum absolute atomic E-state index is 0.150. The lowest BCUT2D eigenvalue weighted by molar-refractivity contribution is -0.132. The second-order valence-corrected chi connectivity index (χ2v) is 12.2. The number of amides is 1. The summed E-state index contributed by atoms with van der Waals surface area (Å²) in [5.74, 6) is -2.62. The first-order valence-electron chi connectivity index (χ1n) is 13.3. The minimum atomic E-state index is -1.09. The molecule has 222 valence electrons. The van der Waals surface area contributed by atoms with E-state index in [1.54, 1.807) is 41.8 Å². The van der Waals surface area contributed by atoms with Gasteiger partial charge in [-0.3, -0.25) is 14.5 Å². The van der Waals surface area contributed by atoms with Crippen molar-refractivity contribution in [3.05, 3.63) is 112 Å². The summed E-state index contributed by atoms with van der Waals surface area (Å²) in [6, 6.07) is 15.0. The molecule has 1 N–H and O–H groups in total. The van der Waals surface area contributed by atoms with Gasteiger partial charge in [-0.1, -0.05) is 53.4 Å². The average molecular weight is 630 g/mol. The third kappa shape index (κ3) is 5.13. The molecule has 5 aromatic rings. The molecule has 6 rings (SSSR count). The van der Waals surface area contributed by atoms with Gasteiger partial charge in [-0.25, -0.2) is 14.2 Å². The van der Waals surface area contributed by atoms with E-state index in [1.165, 1.54) is 48.0 Å². The van der Waals surface area contributed by atoms with Gasteiger partial charge in [-0.2, -0.15) is 0 Å². The molecule has 1 saturated heterocycles. The molecule has 2 aromatic carbocycles. The van der Waals surface area contributed by atoms with Crippen molar-refractivity contribution in [2.24, 2.45) is 0 Å². The number of methoxy groups -OCH3 is 1. The number of thioether (sulfide) groups is 1. The number of esters is 1. The fraction of sp³-hybridized carbons (Fsp3) is 0.161. The van der Waals surface area contributed by atoms with Gasteiger partial charge < -0.3 is 14.2 Å². The standard InChI is InChI=1S/C31H24FN5O5S2/c1-16-5-4-14-36-17(2)23(33-27(16)36)25(38)22-24(19-8-10-20(11-9-19)29(41)42-3)37(28(40)26(22)39)30-34-35-31(44-30)43-15-18-6-12-21(32)13-7-18/h4-14,24,38H,15H2,1-3H3. The number of halogens is 1. The Hall–Kier alpha value is -4.88. The Morgan fingerprint density at radius 1 is 1.07 bits per heavy atom. The molecule has 1 fully saturated rings. The molecule has 10 nitrogen and oxygen atoms in total. The van der Waals surface area contributed by atoms with Crippen LogP contribution in [0.15, 0.2) is 76.8 Å². The van der Waals surface area contributed by atoms with Gasteiger partial charge in [-0.15, -0.1) is 10.2 Å². The maximum absolute atomic E-state index is 13.7. The van der Waals surface area contributed by atoms with E-state index in [1.807, 2.05) is 19.1 Å². The van der Waals surface area contributed by atoms with Crippen LogP contribution >= 0.6 is 23.1 Å². The van der Waals surface area contributed by atoms with Gasteiger partial charge in [0.15, 0.2) is 10.1 Å². The number of carbonyl (C=O) groups is 3. The molecule has 3 aromatic heterocycles. The van der Waals surface area contributed by atoms with Crippen LogP contribution in [0.5, 0.6) is 0 Å². The number of aromatic nitrogens is 4. The van der Waals surface area contributed by atoms with E-state index < -0.39 is 29.5 Å². The molecule has 1 aliphatic heterocycles. The summed E-state index contributed by atoms with van der Waals surface area (Å²) < 4.78 is 20.4. The summed E-state index contributed by atoms with van der Waals surface area (Å²) in [6.07, 6.45) is 1.80. The summed E-state index contributed by atoms with van der Waals surface area (Å²) in [6.45, 7) is 3.65. The number of hydrogen-bond donors (Lipinski definition) is 1. The number of carbonyl (C=O) groups excluding carboxylic acids is 3. The lowest BCUT2D eigenvalue weighted by Crippen LogP contribution is -2.29. The second-order valence-electron chi connectivity index (χ2n) is 9.98. The highest BCUT2D eigenvalue weighted by Gasteiger charge is 2.49. The summed E-state index contributed by atoms with van der Waals surface area (Å²) in [5.41, 5.74) is 3.65. The Kier molecular flexibility index (Phi) is 7.74. The number of nitrogens with zero attached hydrogens (tertiary/aromatic N) is 5. The fourth-order valence-electron chi connectivity index (χ4n) is 5.02. The number of fused-ring (bicyclic) bond motifs is 1. The molecule has 4 heterocycles. The normalized spacial score (nSPS) is 16.2. The van der Waals surface area contributed by atoms with E-state index in [0.29, 0.717) is 27.0 Å². The lowest BCUT2D eigenvalue weighted by atomic mass is 9.95. The summed E-state index contributed by atoms with van der Waals surface area (Å²) in [4.78, 5) is 45.2. The van der Waals surface area contributed by atoms with Gasteiger partial charge in [0.1, 0.15) is 17.2 Å². The van der Waals surface area contributed by atoms with Gasteiger partial charge in [-0.05, 0) is 60.9 Å². The van der Waals surface area contributed by atoms with Gasteiger partial charge >= 0.3 is 11.9 Å². The predicted molar refractivity (Wildman–Crippen MR) is 163 cm³/mol. The fourth-order valence-corrected chi connectivity index (χ4v) is 6.85. The number of rotatable bonds is 7. The van der Waals surface area contributed by atoms with E-state index in [0.717, 1.165) is 22.5 Å². The number of Topliss-reactive ketones (excluding diaryl/α,β-unsaturated/α-hetero) is 1. The number of aryl methyl sites for hydroxylation is 2. The van der Waals surface area contributed by atoms with Crippen LogP contribution < -0.4 is 4.90 Å². The van der Waals surface area contributed by atoms with Crippen molar-refractivity contribution >= 4 is 57.3 Å². The van der Waals surface area contributed by atoms with E-state index in [4.69, 9.17) is 4.74 Å². The number of pyridine rings is 1. The van der Waals surface area contributed by atoms with Gasteiger partial charge in [0, 0.05) is 11.9 Å². The van der Waals surface area contributed by atoms with Crippen LogP contribution in [0.25, 0.3) is 11.4 Å². The van der Waals surface area contributed by atoms with Gasteiger partial charge in [0.25, 0.3) is 5.78 Å². The molecule has 1 amide bonds. The SMILES string of the molecule is COC(=O)c1ccc(C2C(=C(O)c3nc4c(C)cccn4c3C)C(=O)C(=O)N2c2nnc(SCc3ccc(F)cc3)s2)cc1. The molecular weight excluding hydrogens is 606 g/mol. The van der Waals surface area contributed by atoms with Crippen LogP contribution in [0.2, 0.25) is 0 Å². The third-order valence-corrected chi connectivity index (χ3v) is 9.40. The number of anilines is 1. The number of ether oxygens (including phenoxy) is 1. The molecule has 0 spiro atoms. The smallest absolute Gasteiger partial charge is 0.337 e. The highest BCUT2D eigenvalue weighted by Crippen LogP contribution is 2.44. The highest BCUT2D eigenvalue weighted by molar-refractivity contribution is 8.00. The highest BCUT2D eigenvalue weighted by atomic mass is 32.2. The molecule has 1 atom stereocenters. The molecule has 1 aliphatic rings. The maximum Gasteiger partial charge on any atom is 0.337 e. The number of ketones is 1. The van der Waals surface area contributed by atoms with Crippen molar-refractivity contribution in [3.63, 3.8) is 0 Å². The van der Waals surface area contributed by atoms with Crippen LogP contribution in [0.1, 0.15) is 44.5 Å². The van der Waals surface area contributed by atoms with Crippen molar-refractivity contribution in [1.82, 2.24) is 19.6 Å². The molecule has 44 heavy (non-hydrogen) atoms. The van der Waals surface area contributed by atoms with Crippen LogP contribution in [-0.4, -0.2) is 49.5 Å². The van der Waals surface area contributed by atoms with E-state index in [-0.39, 0.29) is 27.8 Å². The van der Waals surface area contributed by atoms with Crippen molar-refractivity contribution in [2.75, 3.05) is 12.0 Å². The summed E-state index contributed by atoms with van der Waals surface area (Å²) in [5, 5.41) is 20.2. The first kappa shape index (κ1) is 29.2. The zero-order chi connectivity index (χ0) is 31.1. The number of hydrogen-bond acceptors (Lipinski definition) is 10. The Labute approximate surface area is 258 Å². The van der Waals surface area contributed by atoms with Crippen molar-refractivity contribution in [1.29, 1.82) is 0 Å². The van der Waals surface area contributed by atoms with Crippen LogP contribution in [-0.2, 0) is 20.1 Å². The van der Waals surface area contributed by atoms with Crippen molar-refractivity contribution in [3.8, 4) is 0 Å². The summed E-state index contributed by atoms with van der Waals surface area (Å²) >= 11 is 2.46. The summed E-state index contributed by atoms with van der Waals surface area (Å²) in [7, 11) is 1.27. The van der Waals surface area contributed by atoms with Crippen LogP contribution in [0.4, 0.5) is 9.52 Å². The zero-order valence-electron chi connectivity index (χ0n) is 23.6. The Bertz CT molecular complexity index is 1970.